The second-order valence-electron chi connectivity index (χ2n) is 4.93. The minimum absolute atomic E-state index is 0.150. The Morgan fingerprint density at radius 3 is 2.86 bits per heavy atom. The van der Waals surface area contributed by atoms with Crippen LogP contribution in [0.4, 0.5) is 0 Å². The Kier molecular flexibility index (Phi) is 3.96. The third-order valence-corrected chi connectivity index (χ3v) is 4.78. The third-order valence-electron chi connectivity index (χ3n) is 3.55. The summed E-state index contributed by atoms with van der Waals surface area (Å²) in [5.41, 5.74) is 2.24. The van der Waals surface area contributed by atoms with Crippen LogP contribution in [0.5, 0.6) is 0 Å². The van der Waals surface area contributed by atoms with E-state index in [9.17, 15) is 4.79 Å². The van der Waals surface area contributed by atoms with Crippen LogP contribution >= 0.6 is 11.8 Å². The minimum Gasteiger partial charge on any atom is -0.465 e. The van der Waals surface area contributed by atoms with Crippen molar-refractivity contribution >= 4 is 17.7 Å². The largest absolute Gasteiger partial charge is 0.465 e. The SMILES string of the molecule is CCn1c(S[C@H]2CCOC2=O)nnc1-c1ccccc1C. The standard InChI is InChI=1S/C15H17N3O2S/c1-3-18-13(11-7-5-4-6-10(11)2)16-17-15(18)21-12-8-9-20-14(12)19/h4-7,12H,3,8-9H2,1-2H3/t12-/m0/s1. The monoisotopic (exact) mass is 303 g/mol. The fourth-order valence-corrected chi connectivity index (χ4v) is 3.46. The maximum Gasteiger partial charge on any atom is 0.319 e. The highest BCUT2D eigenvalue weighted by atomic mass is 32.2. The molecule has 1 aliphatic rings. The summed E-state index contributed by atoms with van der Waals surface area (Å²) in [4.78, 5) is 11.6. The van der Waals surface area contributed by atoms with E-state index in [2.05, 4.69) is 34.7 Å². The van der Waals surface area contributed by atoms with Gasteiger partial charge in [0.25, 0.3) is 0 Å². The Balaban J connectivity index is 1.94. The lowest BCUT2D eigenvalue weighted by molar-refractivity contribution is -0.137. The van der Waals surface area contributed by atoms with E-state index in [1.165, 1.54) is 11.8 Å². The van der Waals surface area contributed by atoms with Crippen LogP contribution in [0.1, 0.15) is 18.9 Å². The first-order valence-corrected chi connectivity index (χ1v) is 7.91. The Morgan fingerprint density at radius 2 is 2.19 bits per heavy atom. The average Bonchev–Trinajstić information content (AvgIpc) is 3.07. The summed E-state index contributed by atoms with van der Waals surface area (Å²) in [6.07, 6.45) is 0.736. The summed E-state index contributed by atoms with van der Waals surface area (Å²) < 4.78 is 7.06. The molecule has 1 aromatic carbocycles. The topological polar surface area (TPSA) is 57.0 Å². The van der Waals surface area contributed by atoms with Gasteiger partial charge in [-0.2, -0.15) is 0 Å². The number of cyclic esters (lactones) is 1. The number of ether oxygens (including phenoxy) is 1. The summed E-state index contributed by atoms with van der Waals surface area (Å²) in [5.74, 6) is 0.701. The third kappa shape index (κ3) is 2.68. The minimum atomic E-state index is -0.163. The van der Waals surface area contributed by atoms with Crippen molar-refractivity contribution in [2.24, 2.45) is 0 Å². The molecule has 1 fully saturated rings. The molecule has 1 saturated heterocycles. The van der Waals surface area contributed by atoms with Crippen LogP contribution in [0.3, 0.4) is 0 Å². The fraction of sp³-hybridized carbons (Fsp3) is 0.400. The molecule has 1 aliphatic heterocycles. The van der Waals surface area contributed by atoms with Crippen molar-refractivity contribution in [3.8, 4) is 11.4 Å². The van der Waals surface area contributed by atoms with Gasteiger partial charge in [0.2, 0.25) is 0 Å². The lowest BCUT2D eigenvalue weighted by Gasteiger charge is -2.10. The van der Waals surface area contributed by atoms with Gasteiger partial charge in [-0.25, -0.2) is 0 Å². The summed E-state index contributed by atoms with van der Waals surface area (Å²) in [6.45, 7) is 5.38. The van der Waals surface area contributed by atoms with Crippen LogP contribution in [-0.4, -0.2) is 32.6 Å². The van der Waals surface area contributed by atoms with Crippen LogP contribution in [0, 0.1) is 6.92 Å². The van der Waals surface area contributed by atoms with Gasteiger partial charge >= 0.3 is 5.97 Å². The van der Waals surface area contributed by atoms with Crippen LogP contribution < -0.4 is 0 Å². The average molecular weight is 303 g/mol. The van der Waals surface area contributed by atoms with Gasteiger partial charge in [0.15, 0.2) is 11.0 Å². The zero-order valence-corrected chi connectivity index (χ0v) is 12.9. The van der Waals surface area contributed by atoms with Crippen molar-refractivity contribution in [2.75, 3.05) is 6.61 Å². The number of carbonyl (C=O) groups is 1. The predicted molar refractivity (Wildman–Crippen MR) is 81.1 cm³/mol. The number of aromatic nitrogens is 3. The molecule has 0 radical (unpaired) electrons. The smallest absolute Gasteiger partial charge is 0.319 e. The number of hydrogen-bond donors (Lipinski definition) is 0. The van der Waals surface area contributed by atoms with E-state index >= 15 is 0 Å². The molecule has 0 N–H and O–H groups in total. The molecule has 0 saturated carbocycles. The normalized spacial score (nSPS) is 18.0. The van der Waals surface area contributed by atoms with Gasteiger partial charge in [0.05, 0.1) is 6.61 Å². The molecule has 1 aromatic heterocycles. The number of nitrogens with zero attached hydrogens (tertiary/aromatic N) is 3. The number of hydrogen-bond acceptors (Lipinski definition) is 5. The van der Waals surface area contributed by atoms with Crippen molar-refractivity contribution in [2.45, 2.75) is 37.2 Å². The van der Waals surface area contributed by atoms with Gasteiger partial charge in [0, 0.05) is 18.5 Å². The maximum absolute atomic E-state index is 11.6. The molecule has 110 valence electrons. The van der Waals surface area contributed by atoms with Crippen molar-refractivity contribution < 1.29 is 9.53 Å². The molecule has 5 nitrogen and oxygen atoms in total. The molecule has 3 rings (SSSR count). The summed E-state index contributed by atoms with van der Waals surface area (Å²) in [5, 5.41) is 9.21. The number of rotatable bonds is 4. The van der Waals surface area contributed by atoms with Gasteiger partial charge < -0.3 is 9.30 Å². The molecule has 0 spiro atoms. The van der Waals surface area contributed by atoms with E-state index in [0.29, 0.717) is 6.61 Å². The summed E-state index contributed by atoms with van der Waals surface area (Å²) in [7, 11) is 0. The Hall–Kier alpha value is -1.82. The molecule has 21 heavy (non-hydrogen) atoms. The fourth-order valence-electron chi connectivity index (χ4n) is 2.40. The van der Waals surface area contributed by atoms with Crippen LogP contribution in [0.15, 0.2) is 29.4 Å². The van der Waals surface area contributed by atoms with Gasteiger partial charge in [-0.15, -0.1) is 10.2 Å². The molecular weight excluding hydrogens is 286 g/mol. The lowest BCUT2D eigenvalue weighted by atomic mass is 10.1. The first-order chi connectivity index (χ1) is 10.2. The molecule has 0 aliphatic carbocycles. The number of carbonyl (C=O) groups excluding carboxylic acids is 1. The Labute approximate surface area is 127 Å². The highest BCUT2D eigenvalue weighted by molar-refractivity contribution is 8.00. The zero-order chi connectivity index (χ0) is 14.8. The highest BCUT2D eigenvalue weighted by Gasteiger charge is 2.30. The van der Waals surface area contributed by atoms with E-state index < -0.39 is 0 Å². The van der Waals surface area contributed by atoms with Gasteiger partial charge in [0.1, 0.15) is 5.25 Å². The second kappa shape index (κ2) is 5.89. The van der Waals surface area contributed by atoms with Crippen molar-refractivity contribution in [1.29, 1.82) is 0 Å². The summed E-state index contributed by atoms with van der Waals surface area (Å²) in [6, 6.07) is 8.11. The quantitative estimate of drug-likeness (QED) is 0.813. The van der Waals surface area contributed by atoms with Gasteiger partial charge in [-0.3, -0.25) is 4.79 Å². The van der Waals surface area contributed by atoms with E-state index in [0.717, 1.165) is 35.1 Å². The molecule has 1 atom stereocenters. The van der Waals surface area contributed by atoms with E-state index in [-0.39, 0.29) is 11.2 Å². The molecular formula is C15H17N3O2S. The molecule has 6 heteroatoms. The molecule has 2 heterocycles. The van der Waals surface area contributed by atoms with E-state index in [1.54, 1.807) is 0 Å². The van der Waals surface area contributed by atoms with Crippen LogP contribution in [-0.2, 0) is 16.1 Å². The van der Waals surface area contributed by atoms with Gasteiger partial charge in [-0.1, -0.05) is 36.0 Å². The van der Waals surface area contributed by atoms with Crippen molar-refractivity contribution in [3.63, 3.8) is 0 Å². The summed E-state index contributed by atoms with van der Waals surface area (Å²) >= 11 is 1.45. The van der Waals surface area contributed by atoms with Gasteiger partial charge in [-0.05, 0) is 19.4 Å². The first kappa shape index (κ1) is 14.1. The predicted octanol–water partition coefficient (Wildman–Crippen LogP) is 2.68. The molecule has 0 bridgehead atoms. The zero-order valence-electron chi connectivity index (χ0n) is 12.1. The Morgan fingerprint density at radius 1 is 1.38 bits per heavy atom. The van der Waals surface area contributed by atoms with Crippen molar-refractivity contribution in [1.82, 2.24) is 14.8 Å². The molecule has 2 aromatic rings. The van der Waals surface area contributed by atoms with Crippen molar-refractivity contribution in [3.05, 3.63) is 29.8 Å². The lowest BCUT2D eigenvalue weighted by Crippen LogP contribution is -2.11. The number of benzene rings is 1. The number of thioether (sulfide) groups is 1. The van der Waals surface area contributed by atoms with Crippen LogP contribution in [0.25, 0.3) is 11.4 Å². The highest BCUT2D eigenvalue weighted by Crippen LogP contribution is 2.31. The van der Waals surface area contributed by atoms with E-state index in [1.807, 2.05) is 18.2 Å². The van der Waals surface area contributed by atoms with Crippen LogP contribution in [0.2, 0.25) is 0 Å². The number of aryl methyl sites for hydroxylation is 1. The van der Waals surface area contributed by atoms with E-state index in [4.69, 9.17) is 4.74 Å². The maximum atomic E-state index is 11.6. The first-order valence-electron chi connectivity index (χ1n) is 7.03. The molecule has 0 amide bonds. The molecule has 0 unspecified atom stereocenters. The second-order valence-corrected chi connectivity index (χ2v) is 6.10. The Bertz CT molecular complexity index is 669. The number of esters is 1.